The molecule has 72 valence electrons. The summed E-state index contributed by atoms with van der Waals surface area (Å²) in [6.45, 7) is 2.80. The minimum absolute atomic E-state index is 0.485. The third-order valence-corrected chi connectivity index (χ3v) is 2.63. The van der Waals surface area contributed by atoms with Gasteiger partial charge in [0.15, 0.2) is 0 Å². The standard InChI is InChI=1S/C8H17NO2S/c1-12-5-3-9-6-8(10)2-4-11-7-8/h9-10H,2-7H2,1H3. The average molecular weight is 191 g/mol. The maximum absolute atomic E-state index is 9.80. The first-order chi connectivity index (χ1) is 5.77. The molecule has 0 amide bonds. The van der Waals surface area contributed by atoms with E-state index in [1.807, 2.05) is 11.8 Å². The summed E-state index contributed by atoms with van der Waals surface area (Å²) >= 11 is 1.81. The van der Waals surface area contributed by atoms with E-state index in [1.165, 1.54) is 0 Å². The lowest BCUT2D eigenvalue weighted by molar-refractivity contribution is 0.0276. The number of rotatable bonds is 5. The number of ether oxygens (including phenoxy) is 1. The van der Waals surface area contributed by atoms with E-state index in [0.717, 1.165) is 18.7 Å². The molecule has 1 aliphatic rings. The highest BCUT2D eigenvalue weighted by molar-refractivity contribution is 7.98. The van der Waals surface area contributed by atoms with Gasteiger partial charge in [0.25, 0.3) is 0 Å². The van der Waals surface area contributed by atoms with Crippen molar-refractivity contribution in [2.24, 2.45) is 0 Å². The van der Waals surface area contributed by atoms with Crippen LogP contribution in [0.25, 0.3) is 0 Å². The van der Waals surface area contributed by atoms with Crippen LogP contribution < -0.4 is 5.32 Å². The van der Waals surface area contributed by atoms with Crippen LogP contribution in [0.4, 0.5) is 0 Å². The largest absolute Gasteiger partial charge is 0.386 e. The second-order valence-electron chi connectivity index (χ2n) is 3.20. The third kappa shape index (κ3) is 3.31. The molecule has 1 aliphatic heterocycles. The zero-order valence-corrected chi connectivity index (χ0v) is 8.32. The Morgan fingerprint density at radius 1 is 1.67 bits per heavy atom. The predicted octanol–water partition coefficient (Wildman–Crippen LogP) is 0.0904. The average Bonchev–Trinajstić information content (AvgIpc) is 2.47. The zero-order valence-electron chi connectivity index (χ0n) is 7.51. The molecule has 0 spiro atoms. The summed E-state index contributed by atoms with van der Waals surface area (Å²) in [6.07, 6.45) is 2.84. The van der Waals surface area contributed by atoms with Gasteiger partial charge in [-0.1, -0.05) is 0 Å². The van der Waals surface area contributed by atoms with Crippen LogP contribution in [0.1, 0.15) is 6.42 Å². The minimum atomic E-state index is -0.599. The van der Waals surface area contributed by atoms with Crippen molar-refractivity contribution < 1.29 is 9.84 Å². The molecule has 12 heavy (non-hydrogen) atoms. The molecule has 3 nitrogen and oxygen atoms in total. The van der Waals surface area contributed by atoms with E-state index >= 15 is 0 Å². The second-order valence-corrected chi connectivity index (χ2v) is 4.18. The molecule has 0 aliphatic carbocycles. The van der Waals surface area contributed by atoms with Crippen molar-refractivity contribution in [1.29, 1.82) is 0 Å². The molecule has 0 aromatic rings. The van der Waals surface area contributed by atoms with Gasteiger partial charge in [-0.3, -0.25) is 0 Å². The minimum Gasteiger partial charge on any atom is -0.386 e. The van der Waals surface area contributed by atoms with Crippen LogP contribution in [-0.4, -0.2) is 49.0 Å². The summed E-state index contributed by atoms with van der Waals surface area (Å²) < 4.78 is 5.12. The van der Waals surface area contributed by atoms with Crippen LogP contribution in [0.5, 0.6) is 0 Å². The second kappa shape index (κ2) is 5.07. The Morgan fingerprint density at radius 3 is 3.08 bits per heavy atom. The molecule has 4 heteroatoms. The smallest absolute Gasteiger partial charge is 0.102 e. The van der Waals surface area contributed by atoms with Crippen LogP contribution in [-0.2, 0) is 4.74 Å². The third-order valence-electron chi connectivity index (χ3n) is 2.02. The van der Waals surface area contributed by atoms with Gasteiger partial charge >= 0.3 is 0 Å². The lowest BCUT2D eigenvalue weighted by atomic mass is 10.0. The molecule has 1 atom stereocenters. The van der Waals surface area contributed by atoms with E-state index in [9.17, 15) is 5.11 Å². The summed E-state index contributed by atoms with van der Waals surface area (Å²) in [5, 5.41) is 13.0. The Kier molecular flexibility index (Phi) is 4.35. The van der Waals surface area contributed by atoms with E-state index in [-0.39, 0.29) is 0 Å². The normalized spacial score (nSPS) is 29.5. The first-order valence-electron chi connectivity index (χ1n) is 4.27. The molecule has 0 saturated carbocycles. The molecular formula is C8H17NO2S. The monoisotopic (exact) mass is 191 g/mol. The summed E-state index contributed by atoms with van der Waals surface area (Å²) in [6, 6.07) is 0. The molecule has 1 unspecified atom stereocenters. The van der Waals surface area contributed by atoms with Gasteiger partial charge in [-0.2, -0.15) is 11.8 Å². The van der Waals surface area contributed by atoms with E-state index in [2.05, 4.69) is 11.6 Å². The number of hydrogen-bond acceptors (Lipinski definition) is 4. The van der Waals surface area contributed by atoms with E-state index in [1.54, 1.807) is 0 Å². The highest BCUT2D eigenvalue weighted by Crippen LogP contribution is 2.16. The van der Waals surface area contributed by atoms with Gasteiger partial charge in [0, 0.05) is 31.9 Å². The molecule has 1 saturated heterocycles. The van der Waals surface area contributed by atoms with Crippen LogP contribution in [0.2, 0.25) is 0 Å². The Labute approximate surface area is 77.9 Å². The zero-order chi connectivity index (χ0) is 8.86. The number of nitrogens with one attached hydrogen (secondary N) is 1. The first-order valence-corrected chi connectivity index (χ1v) is 5.66. The highest BCUT2D eigenvalue weighted by atomic mass is 32.2. The van der Waals surface area contributed by atoms with E-state index in [4.69, 9.17) is 4.74 Å². The van der Waals surface area contributed by atoms with Gasteiger partial charge < -0.3 is 15.2 Å². The molecular weight excluding hydrogens is 174 g/mol. The molecule has 0 aromatic heterocycles. The topological polar surface area (TPSA) is 41.5 Å². The molecule has 0 aromatic carbocycles. The lowest BCUT2D eigenvalue weighted by Crippen LogP contribution is -2.41. The molecule has 0 radical (unpaired) electrons. The summed E-state index contributed by atoms with van der Waals surface area (Å²) in [4.78, 5) is 0. The van der Waals surface area contributed by atoms with E-state index < -0.39 is 5.60 Å². The number of aliphatic hydroxyl groups is 1. The molecule has 0 bridgehead atoms. The van der Waals surface area contributed by atoms with Gasteiger partial charge in [-0.15, -0.1) is 0 Å². The predicted molar refractivity (Wildman–Crippen MR) is 51.6 cm³/mol. The molecule has 1 heterocycles. The maximum Gasteiger partial charge on any atom is 0.102 e. The highest BCUT2D eigenvalue weighted by Gasteiger charge is 2.31. The fourth-order valence-corrected chi connectivity index (χ4v) is 1.58. The van der Waals surface area contributed by atoms with Crippen LogP contribution in [0.3, 0.4) is 0 Å². The van der Waals surface area contributed by atoms with Gasteiger partial charge in [0.1, 0.15) is 5.60 Å². The van der Waals surface area contributed by atoms with Gasteiger partial charge in [0.05, 0.1) is 6.61 Å². The summed E-state index contributed by atoms with van der Waals surface area (Å²) in [5.74, 6) is 1.09. The van der Waals surface area contributed by atoms with Crippen LogP contribution >= 0.6 is 11.8 Å². The number of hydrogen-bond donors (Lipinski definition) is 2. The molecule has 1 fully saturated rings. The van der Waals surface area contributed by atoms with Crippen molar-refractivity contribution >= 4 is 11.8 Å². The quantitative estimate of drug-likeness (QED) is 0.604. The van der Waals surface area contributed by atoms with Gasteiger partial charge in [-0.25, -0.2) is 0 Å². The Morgan fingerprint density at radius 2 is 2.50 bits per heavy atom. The maximum atomic E-state index is 9.80. The van der Waals surface area contributed by atoms with Crippen LogP contribution in [0.15, 0.2) is 0 Å². The van der Waals surface area contributed by atoms with Crippen molar-refractivity contribution in [3.63, 3.8) is 0 Å². The van der Waals surface area contributed by atoms with Crippen LogP contribution in [0, 0.1) is 0 Å². The van der Waals surface area contributed by atoms with Crippen molar-refractivity contribution in [1.82, 2.24) is 5.32 Å². The van der Waals surface area contributed by atoms with Gasteiger partial charge in [0.2, 0.25) is 0 Å². The Balaban J connectivity index is 2.05. The fraction of sp³-hybridized carbons (Fsp3) is 1.00. The van der Waals surface area contributed by atoms with E-state index in [0.29, 0.717) is 19.8 Å². The number of thioether (sulfide) groups is 1. The first kappa shape index (κ1) is 10.3. The SMILES string of the molecule is CSCCNCC1(O)CCOC1. The Bertz CT molecular complexity index is 126. The van der Waals surface area contributed by atoms with Gasteiger partial charge in [-0.05, 0) is 6.26 Å². The van der Waals surface area contributed by atoms with Crippen molar-refractivity contribution in [2.75, 3.05) is 38.3 Å². The fourth-order valence-electron chi connectivity index (χ4n) is 1.23. The lowest BCUT2D eigenvalue weighted by Gasteiger charge is -2.20. The van der Waals surface area contributed by atoms with Crippen molar-refractivity contribution in [3.05, 3.63) is 0 Å². The Hall–Kier alpha value is 0.230. The van der Waals surface area contributed by atoms with Crippen molar-refractivity contribution in [2.45, 2.75) is 12.0 Å². The summed E-state index contributed by atoms with van der Waals surface area (Å²) in [5.41, 5.74) is -0.599. The molecule has 2 N–H and O–H groups in total. The molecule has 1 rings (SSSR count). The summed E-state index contributed by atoms with van der Waals surface area (Å²) in [7, 11) is 0. The van der Waals surface area contributed by atoms with Crippen molar-refractivity contribution in [3.8, 4) is 0 Å².